The molecule has 2 heteroatoms. The number of aromatic nitrogens is 1. The number of benzene rings is 1. The lowest BCUT2D eigenvalue weighted by atomic mass is 9.95. The molecule has 2 N–H and O–H groups in total. The zero-order chi connectivity index (χ0) is 11.5. The number of nitrogens with zero attached hydrogens (tertiary/aromatic N) is 1. The summed E-state index contributed by atoms with van der Waals surface area (Å²) in [6, 6.07) is 10.2. The molecular formula is C14H16N2. The third-order valence-corrected chi connectivity index (χ3v) is 2.81. The highest BCUT2D eigenvalue weighted by atomic mass is 14.7. The average molecular weight is 212 g/mol. The molecule has 1 aromatic carbocycles. The van der Waals surface area contributed by atoms with E-state index in [1.807, 2.05) is 18.3 Å². The van der Waals surface area contributed by atoms with Gasteiger partial charge in [-0.05, 0) is 36.6 Å². The average Bonchev–Trinajstić information content (AvgIpc) is 2.32. The minimum absolute atomic E-state index is 0.0893. The van der Waals surface area contributed by atoms with Gasteiger partial charge in [0.1, 0.15) is 0 Å². The van der Waals surface area contributed by atoms with Gasteiger partial charge in [-0.3, -0.25) is 4.98 Å². The summed E-state index contributed by atoms with van der Waals surface area (Å²) in [4.78, 5) is 4.10. The molecule has 0 fully saturated rings. The van der Waals surface area contributed by atoms with Gasteiger partial charge in [-0.1, -0.05) is 29.8 Å². The van der Waals surface area contributed by atoms with E-state index in [0.717, 1.165) is 5.56 Å². The predicted molar refractivity (Wildman–Crippen MR) is 66.2 cm³/mol. The molecule has 0 unspecified atom stereocenters. The van der Waals surface area contributed by atoms with Crippen molar-refractivity contribution in [3.8, 4) is 0 Å². The van der Waals surface area contributed by atoms with Crippen molar-refractivity contribution in [1.29, 1.82) is 0 Å². The van der Waals surface area contributed by atoms with Gasteiger partial charge < -0.3 is 5.73 Å². The third-order valence-electron chi connectivity index (χ3n) is 2.81. The Morgan fingerprint density at radius 3 is 2.69 bits per heavy atom. The maximum absolute atomic E-state index is 6.25. The Labute approximate surface area is 96.1 Å². The molecule has 0 spiro atoms. The molecule has 2 rings (SSSR count). The molecule has 2 nitrogen and oxygen atoms in total. The van der Waals surface area contributed by atoms with Crippen LogP contribution >= 0.6 is 0 Å². The Balaban J connectivity index is 2.41. The van der Waals surface area contributed by atoms with Crippen LogP contribution in [0.2, 0.25) is 0 Å². The molecular weight excluding hydrogens is 196 g/mol. The molecule has 82 valence electrons. The quantitative estimate of drug-likeness (QED) is 0.831. The molecule has 0 aliphatic heterocycles. The van der Waals surface area contributed by atoms with Gasteiger partial charge in [0.15, 0.2) is 0 Å². The Bertz CT molecular complexity index is 477. The van der Waals surface area contributed by atoms with Crippen LogP contribution in [0, 0.1) is 13.8 Å². The van der Waals surface area contributed by atoms with Crippen molar-refractivity contribution < 1.29 is 0 Å². The van der Waals surface area contributed by atoms with Crippen LogP contribution in [-0.2, 0) is 0 Å². The van der Waals surface area contributed by atoms with Crippen molar-refractivity contribution in [3.63, 3.8) is 0 Å². The van der Waals surface area contributed by atoms with E-state index < -0.39 is 0 Å². The highest BCUT2D eigenvalue weighted by Crippen LogP contribution is 2.22. The number of pyridine rings is 1. The summed E-state index contributed by atoms with van der Waals surface area (Å²) in [5.41, 5.74) is 10.9. The maximum Gasteiger partial charge on any atom is 0.0569 e. The monoisotopic (exact) mass is 212 g/mol. The molecule has 0 saturated carbocycles. The topological polar surface area (TPSA) is 38.9 Å². The first-order valence-corrected chi connectivity index (χ1v) is 5.41. The normalized spacial score (nSPS) is 12.4. The Morgan fingerprint density at radius 1 is 1.19 bits per heavy atom. The molecule has 1 atom stereocenters. The fourth-order valence-electron chi connectivity index (χ4n) is 1.83. The Hall–Kier alpha value is -1.67. The largest absolute Gasteiger partial charge is 0.320 e. The number of nitrogens with two attached hydrogens (primary N) is 1. The molecule has 1 aromatic heterocycles. The van der Waals surface area contributed by atoms with Gasteiger partial charge in [0.05, 0.1) is 6.04 Å². The first-order valence-electron chi connectivity index (χ1n) is 5.41. The fraction of sp³-hybridized carbons (Fsp3) is 0.214. The second kappa shape index (κ2) is 4.45. The van der Waals surface area contributed by atoms with Crippen molar-refractivity contribution in [2.75, 3.05) is 0 Å². The minimum Gasteiger partial charge on any atom is -0.320 e. The first kappa shape index (κ1) is 10.8. The highest BCUT2D eigenvalue weighted by molar-refractivity contribution is 5.37. The molecule has 0 saturated heterocycles. The molecule has 0 radical (unpaired) electrons. The molecule has 16 heavy (non-hydrogen) atoms. The van der Waals surface area contributed by atoms with Crippen LogP contribution in [0.25, 0.3) is 0 Å². The van der Waals surface area contributed by atoms with E-state index in [9.17, 15) is 0 Å². The zero-order valence-corrected chi connectivity index (χ0v) is 9.64. The van der Waals surface area contributed by atoms with Crippen LogP contribution in [-0.4, -0.2) is 4.98 Å². The van der Waals surface area contributed by atoms with Crippen LogP contribution in [0.3, 0.4) is 0 Å². The Kier molecular flexibility index (Phi) is 3.02. The number of hydrogen-bond donors (Lipinski definition) is 1. The SMILES string of the molecule is Cc1ccc(C)c([C@H](N)c2cccnc2)c1. The molecule has 0 bridgehead atoms. The first-order chi connectivity index (χ1) is 7.68. The number of hydrogen-bond acceptors (Lipinski definition) is 2. The second-order valence-electron chi connectivity index (χ2n) is 4.12. The summed E-state index contributed by atoms with van der Waals surface area (Å²) in [5.74, 6) is 0. The van der Waals surface area contributed by atoms with E-state index in [1.165, 1.54) is 16.7 Å². The van der Waals surface area contributed by atoms with Gasteiger partial charge in [-0.2, -0.15) is 0 Å². The van der Waals surface area contributed by atoms with E-state index in [1.54, 1.807) is 6.20 Å². The lowest BCUT2D eigenvalue weighted by molar-refractivity contribution is 0.852. The smallest absolute Gasteiger partial charge is 0.0569 e. The van der Waals surface area contributed by atoms with Gasteiger partial charge in [0, 0.05) is 12.4 Å². The van der Waals surface area contributed by atoms with E-state index in [-0.39, 0.29) is 6.04 Å². The van der Waals surface area contributed by atoms with Crippen molar-refractivity contribution in [2.45, 2.75) is 19.9 Å². The van der Waals surface area contributed by atoms with E-state index in [0.29, 0.717) is 0 Å². The summed E-state index contributed by atoms with van der Waals surface area (Å²) in [6.45, 7) is 4.17. The van der Waals surface area contributed by atoms with Gasteiger partial charge in [-0.15, -0.1) is 0 Å². The van der Waals surface area contributed by atoms with Gasteiger partial charge in [0.25, 0.3) is 0 Å². The molecule has 0 aliphatic rings. The maximum atomic E-state index is 6.25. The van der Waals surface area contributed by atoms with Crippen molar-refractivity contribution in [3.05, 3.63) is 65.0 Å². The third kappa shape index (κ3) is 2.12. The van der Waals surface area contributed by atoms with E-state index in [2.05, 4.69) is 37.0 Å². The zero-order valence-electron chi connectivity index (χ0n) is 9.64. The summed E-state index contributed by atoms with van der Waals surface area (Å²) in [6.07, 6.45) is 3.59. The van der Waals surface area contributed by atoms with Crippen LogP contribution in [0.4, 0.5) is 0 Å². The molecule has 1 heterocycles. The predicted octanol–water partition coefficient (Wildman–Crippen LogP) is 2.75. The fourth-order valence-corrected chi connectivity index (χ4v) is 1.83. The minimum atomic E-state index is -0.0893. The Morgan fingerprint density at radius 2 is 2.00 bits per heavy atom. The summed E-state index contributed by atoms with van der Waals surface area (Å²) in [7, 11) is 0. The number of rotatable bonds is 2. The van der Waals surface area contributed by atoms with Crippen LogP contribution in [0.1, 0.15) is 28.3 Å². The van der Waals surface area contributed by atoms with Gasteiger partial charge in [-0.25, -0.2) is 0 Å². The van der Waals surface area contributed by atoms with Gasteiger partial charge in [0.2, 0.25) is 0 Å². The van der Waals surface area contributed by atoms with Crippen LogP contribution in [0.15, 0.2) is 42.7 Å². The highest BCUT2D eigenvalue weighted by Gasteiger charge is 2.11. The van der Waals surface area contributed by atoms with Crippen LogP contribution < -0.4 is 5.73 Å². The molecule has 2 aromatic rings. The second-order valence-corrected chi connectivity index (χ2v) is 4.12. The van der Waals surface area contributed by atoms with Crippen molar-refractivity contribution in [1.82, 2.24) is 4.98 Å². The van der Waals surface area contributed by atoms with Gasteiger partial charge >= 0.3 is 0 Å². The van der Waals surface area contributed by atoms with E-state index >= 15 is 0 Å². The molecule has 0 aliphatic carbocycles. The summed E-state index contributed by atoms with van der Waals surface area (Å²) >= 11 is 0. The summed E-state index contributed by atoms with van der Waals surface area (Å²) < 4.78 is 0. The van der Waals surface area contributed by atoms with Crippen molar-refractivity contribution in [2.24, 2.45) is 5.73 Å². The van der Waals surface area contributed by atoms with E-state index in [4.69, 9.17) is 5.73 Å². The lowest BCUT2D eigenvalue weighted by Crippen LogP contribution is -2.13. The summed E-state index contributed by atoms with van der Waals surface area (Å²) in [5, 5.41) is 0. The van der Waals surface area contributed by atoms with Crippen molar-refractivity contribution >= 4 is 0 Å². The van der Waals surface area contributed by atoms with Crippen LogP contribution in [0.5, 0.6) is 0 Å². The molecule has 0 amide bonds. The standard InChI is InChI=1S/C14H16N2/c1-10-5-6-11(2)13(8-10)14(15)12-4-3-7-16-9-12/h3-9,14H,15H2,1-2H3/t14-/m1/s1. The number of aryl methyl sites for hydroxylation is 2. The lowest BCUT2D eigenvalue weighted by Gasteiger charge is -2.15.